The van der Waals surface area contributed by atoms with Crippen molar-refractivity contribution in [1.29, 1.82) is 0 Å². The fourth-order valence-corrected chi connectivity index (χ4v) is 3.84. The van der Waals surface area contributed by atoms with E-state index in [1.54, 1.807) is 41.4 Å². The Bertz CT molecular complexity index is 1620. The number of hydrogen-bond donors (Lipinski definition) is 1. The topological polar surface area (TPSA) is 116 Å². The molecule has 5 aromatic rings. The van der Waals surface area contributed by atoms with Crippen molar-refractivity contribution in [3.05, 3.63) is 66.0 Å². The van der Waals surface area contributed by atoms with Gasteiger partial charge in [0.1, 0.15) is 24.5 Å². The zero-order valence-electron chi connectivity index (χ0n) is 19.9. The van der Waals surface area contributed by atoms with Gasteiger partial charge in [0.05, 0.1) is 34.8 Å². The fraction of sp³-hybridized carbons (Fsp3) is 0.208. The predicted molar refractivity (Wildman–Crippen MR) is 129 cm³/mol. The number of Topliss-reactive ketones (excluding diaryl/α,β-unsaturated/α-hetero) is 1. The van der Waals surface area contributed by atoms with Crippen molar-refractivity contribution in [3.8, 4) is 17.1 Å². The minimum atomic E-state index is -4.44. The third-order valence-electron chi connectivity index (χ3n) is 5.68. The molecule has 0 saturated heterocycles. The van der Waals surface area contributed by atoms with Crippen molar-refractivity contribution in [1.82, 2.24) is 39.5 Å². The Morgan fingerprint density at radius 2 is 1.84 bits per heavy atom. The van der Waals surface area contributed by atoms with Gasteiger partial charge in [0, 0.05) is 22.9 Å². The Kier molecular flexibility index (Phi) is 5.90. The van der Waals surface area contributed by atoms with Crippen molar-refractivity contribution in [2.75, 3.05) is 5.32 Å². The first kappa shape index (κ1) is 24.0. The summed E-state index contributed by atoms with van der Waals surface area (Å²) in [4.78, 5) is 25.8. The number of carbonyl (C=O) groups is 1. The lowest BCUT2D eigenvalue weighted by Gasteiger charge is -2.12. The van der Waals surface area contributed by atoms with Gasteiger partial charge in [0.25, 0.3) is 0 Å². The van der Waals surface area contributed by atoms with Crippen molar-refractivity contribution in [3.63, 3.8) is 0 Å². The molecular weight excluding hydrogens is 487 g/mol. The summed E-state index contributed by atoms with van der Waals surface area (Å²) in [7, 11) is 0. The largest absolute Gasteiger partial charge is 0.408 e. The summed E-state index contributed by atoms with van der Waals surface area (Å²) >= 11 is 0. The van der Waals surface area contributed by atoms with E-state index >= 15 is 0 Å². The molecule has 0 atom stereocenters. The van der Waals surface area contributed by atoms with Gasteiger partial charge in [-0.05, 0) is 45.0 Å². The minimum Gasteiger partial charge on any atom is -0.323 e. The molecule has 37 heavy (non-hydrogen) atoms. The predicted octanol–water partition coefficient (Wildman–Crippen LogP) is 4.59. The zero-order chi connectivity index (χ0) is 26.3. The number of alkyl halides is 3. The zero-order valence-corrected chi connectivity index (χ0v) is 19.9. The van der Waals surface area contributed by atoms with Gasteiger partial charge in [-0.25, -0.2) is 15.0 Å². The Balaban J connectivity index is 1.53. The van der Waals surface area contributed by atoms with Crippen molar-refractivity contribution in [2.45, 2.75) is 33.5 Å². The smallest absolute Gasteiger partial charge is 0.323 e. The monoisotopic (exact) mass is 507 g/mol. The number of carbonyl (C=O) groups excluding carboxylic acids is 1. The number of imidazole rings is 1. The summed E-state index contributed by atoms with van der Waals surface area (Å²) in [5, 5.41) is 15.0. The molecule has 0 saturated carbocycles. The highest BCUT2D eigenvalue weighted by Gasteiger charge is 2.30. The SMILES string of the molecule is CC(=O)c1ccc(-n2cnc3cc(Nc4ccc(C)nn4)ncc32)nc1-c1cnn(CC(F)(F)F)c1C. The van der Waals surface area contributed by atoms with Crippen LogP contribution in [-0.4, -0.2) is 51.5 Å². The van der Waals surface area contributed by atoms with Gasteiger partial charge < -0.3 is 5.32 Å². The summed E-state index contributed by atoms with van der Waals surface area (Å²) in [6, 6.07) is 8.58. The van der Waals surface area contributed by atoms with E-state index in [0.29, 0.717) is 34.1 Å². The van der Waals surface area contributed by atoms with Crippen molar-refractivity contribution >= 4 is 28.5 Å². The second-order valence-electron chi connectivity index (χ2n) is 8.40. The molecule has 0 amide bonds. The number of rotatable bonds is 6. The number of pyridine rings is 2. The van der Waals surface area contributed by atoms with Gasteiger partial charge in [0.15, 0.2) is 11.6 Å². The van der Waals surface area contributed by atoms with E-state index in [0.717, 1.165) is 10.4 Å². The molecule has 0 aliphatic heterocycles. The van der Waals surface area contributed by atoms with Gasteiger partial charge in [0.2, 0.25) is 0 Å². The number of anilines is 2. The average molecular weight is 507 g/mol. The summed E-state index contributed by atoms with van der Waals surface area (Å²) in [6.45, 7) is 3.48. The molecule has 0 aliphatic carbocycles. The van der Waals surface area contributed by atoms with Gasteiger partial charge in [-0.1, -0.05) is 0 Å². The Labute approximate surface area is 208 Å². The standard InChI is InChI=1S/C24H20F3N9O/c1-13-4-6-20(34-33-13)31-21-8-18-19(10-28-21)35(12-29-18)22-7-5-16(15(3)37)23(32-22)17-9-30-36(14(17)2)11-24(25,26)27/h4-10,12H,11H2,1-3H3,(H,28,31,34). The summed E-state index contributed by atoms with van der Waals surface area (Å²) in [6.07, 6.45) is 0.0226. The highest BCUT2D eigenvalue weighted by molar-refractivity contribution is 6.00. The number of hydrogen-bond acceptors (Lipinski definition) is 8. The molecule has 0 aromatic carbocycles. The molecule has 5 rings (SSSR count). The van der Waals surface area contributed by atoms with Crippen LogP contribution in [0.2, 0.25) is 0 Å². The first-order chi connectivity index (χ1) is 17.6. The molecule has 0 spiro atoms. The molecule has 10 nitrogen and oxygen atoms in total. The van der Waals surface area contributed by atoms with E-state index in [1.807, 2.05) is 13.0 Å². The second-order valence-corrected chi connectivity index (χ2v) is 8.40. The van der Waals surface area contributed by atoms with Crippen molar-refractivity contribution < 1.29 is 18.0 Å². The molecular formula is C24H20F3N9O. The number of nitrogens with one attached hydrogen (secondary N) is 1. The lowest BCUT2D eigenvalue weighted by atomic mass is 10.0. The highest BCUT2D eigenvalue weighted by atomic mass is 19.4. The quantitative estimate of drug-likeness (QED) is 0.332. The molecule has 5 aromatic heterocycles. The summed E-state index contributed by atoms with van der Waals surface area (Å²) < 4.78 is 41.4. The van der Waals surface area contributed by atoms with E-state index in [-0.39, 0.29) is 22.7 Å². The number of aromatic nitrogens is 8. The normalized spacial score (nSPS) is 11.7. The van der Waals surface area contributed by atoms with Gasteiger partial charge >= 0.3 is 6.18 Å². The molecule has 1 N–H and O–H groups in total. The van der Waals surface area contributed by atoms with Gasteiger partial charge in [-0.2, -0.15) is 23.4 Å². The molecule has 5 heterocycles. The lowest BCUT2D eigenvalue weighted by molar-refractivity contribution is -0.142. The number of fused-ring (bicyclic) bond motifs is 1. The van der Waals surface area contributed by atoms with E-state index in [4.69, 9.17) is 0 Å². The Morgan fingerprint density at radius 3 is 2.54 bits per heavy atom. The molecule has 0 radical (unpaired) electrons. The first-order valence-corrected chi connectivity index (χ1v) is 11.1. The van der Waals surface area contributed by atoms with Crippen LogP contribution in [0.25, 0.3) is 28.1 Å². The van der Waals surface area contributed by atoms with E-state index < -0.39 is 12.7 Å². The molecule has 188 valence electrons. The molecule has 0 aliphatic rings. The molecule has 0 fully saturated rings. The lowest BCUT2D eigenvalue weighted by Crippen LogP contribution is -2.19. The highest BCUT2D eigenvalue weighted by Crippen LogP contribution is 2.29. The van der Waals surface area contributed by atoms with Crippen LogP contribution >= 0.6 is 0 Å². The maximum atomic E-state index is 12.9. The van der Waals surface area contributed by atoms with Crippen LogP contribution < -0.4 is 5.32 Å². The number of ketones is 1. The number of aryl methyl sites for hydroxylation is 1. The van der Waals surface area contributed by atoms with Crippen LogP contribution in [0, 0.1) is 13.8 Å². The molecule has 0 bridgehead atoms. The van der Waals surface area contributed by atoms with E-state index in [2.05, 4.69) is 35.6 Å². The summed E-state index contributed by atoms with van der Waals surface area (Å²) in [5.74, 6) is 1.19. The third kappa shape index (κ3) is 4.87. The van der Waals surface area contributed by atoms with Crippen LogP contribution in [0.3, 0.4) is 0 Å². The fourth-order valence-electron chi connectivity index (χ4n) is 3.84. The average Bonchev–Trinajstić information content (AvgIpc) is 3.42. The number of nitrogens with zero attached hydrogens (tertiary/aromatic N) is 8. The molecule has 13 heteroatoms. The van der Waals surface area contributed by atoms with Gasteiger partial charge in [-0.3, -0.25) is 14.0 Å². The first-order valence-electron chi connectivity index (χ1n) is 11.1. The summed E-state index contributed by atoms with van der Waals surface area (Å²) in [5.41, 5.74) is 3.14. The molecule has 0 unspecified atom stereocenters. The minimum absolute atomic E-state index is 0.238. The van der Waals surface area contributed by atoms with Crippen LogP contribution in [0.4, 0.5) is 24.8 Å². The van der Waals surface area contributed by atoms with E-state index in [9.17, 15) is 18.0 Å². The second kappa shape index (κ2) is 9.08. The maximum Gasteiger partial charge on any atom is 0.408 e. The van der Waals surface area contributed by atoms with Crippen molar-refractivity contribution in [2.24, 2.45) is 0 Å². The van der Waals surface area contributed by atoms with Crippen LogP contribution in [0.5, 0.6) is 0 Å². The van der Waals surface area contributed by atoms with Crippen LogP contribution in [-0.2, 0) is 6.54 Å². The third-order valence-corrected chi connectivity index (χ3v) is 5.68. The van der Waals surface area contributed by atoms with Crippen LogP contribution in [0.1, 0.15) is 28.7 Å². The number of halogens is 3. The Morgan fingerprint density at radius 1 is 1.03 bits per heavy atom. The van der Waals surface area contributed by atoms with E-state index in [1.165, 1.54) is 20.0 Å². The maximum absolute atomic E-state index is 12.9. The van der Waals surface area contributed by atoms with Crippen LogP contribution in [0.15, 0.2) is 49.1 Å². The Hall–Kier alpha value is -4.68. The van der Waals surface area contributed by atoms with Gasteiger partial charge in [-0.15, -0.1) is 5.10 Å².